The molecule has 1 fully saturated rings. The molecule has 3 rings (SSSR count). The van der Waals surface area contributed by atoms with Gasteiger partial charge in [0.25, 0.3) is 0 Å². The van der Waals surface area contributed by atoms with Gasteiger partial charge in [0.05, 0.1) is 6.54 Å². The van der Waals surface area contributed by atoms with Gasteiger partial charge in [0.15, 0.2) is 0 Å². The average Bonchev–Trinajstić information content (AvgIpc) is 2.70. The van der Waals surface area contributed by atoms with Gasteiger partial charge >= 0.3 is 0 Å². The van der Waals surface area contributed by atoms with Gasteiger partial charge in [-0.25, -0.2) is 0 Å². The van der Waals surface area contributed by atoms with Gasteiger partial charge in [0, 0.05) is 50.8 Å². The Labute approximate surface area is 162 Å². The number of carbonyl (C=O) groups excluding carboxylic acids is 1. The number of aromatic nitrogens is 1. The monoisotopic (exact) mass is 366 g/mol. The summed E-state index contributed by atoms with van der Waals surface area (Å²) in [6, 6.07) is 12.4. The van der Waals surface area contributed by atoms with Crippen LogP contribution in [0.15, 0.2) is 48.8 Å². The lowest BCUT2D eigenvalue weighted by molar-refractivity contribution is -0.117. The Bertz CT molecular complexity index is 709. The molecule has 1 aromatic carbocycles. The van der Waals surface area contributed by atoms with Crippen molar-refractivity contribution in [3.05, 3.63) is 59.9 Å². The number of benzene rings is 1. The van der Waals surface area contributed by atoms with Crippen molar-refractivity contribution in [2.75, 3.05) is 38.0 Å². The molecular formula is C22H30N4O. The van der Waals surface area contributed by atoms with Crippen LogP contribution in [0.4, 0.5) is 5.69 Å². The van der Waals surface area contributed by atoms with E-state index in [0.29, 0.717) is 12.5 Å². The molecule has 5 nitrogen and oxygen atoms in total. The second-order valence-corrected chi connectivity index (χ2v) is 7.39. The standard InChI is InChI=1S/C22H30N4O/c1-3-18(2)20-4-6-21(7-5-20)24-22(27)17-26-14-12-25(13-15-26)16-19-8-10-23-11-9-19/h4-11,18H,3,12-17H2,1-2H3,(H,24,27). The van der Waals surface area contributed by atoms with Gasteiger partial charge in [-0.2, -0.15) is 0 Å². The Morgan fingerprint density at radius 1 is 1.04 bits per heavy atom. The fourth-order valence-corrected chi connectivity index (χ4v) is 3.39. The van der Waals surface area contributed by atoms with Crippen molar-refractivity contribution >= 4 is 11.6 Å². The first-order chi connectivity index (χ1) is 13.1. The largest absolute Gasteiger partial charge is 0.325 e. The third kappa shape index (κ3) is 5.88. The van der Waals surface area contributed by atoms with E-state index in [0.717, 1.165) is 44.8 Å². The zero-order valence-corrected chi connectivity index (χ0v) is 16.4. The molecule has 1 aromatic heterocycles. The van der Waals surface area contributed by atoms with Crippen LogP contribution in [0.5, 0.6) is 0 Å². The molecule has 1 saturated heterocycles. The number of nitrogens with zero attached hydrogens (tertiary/aromatic N) is 3. The Hall–Kier alpha value is -2.24. The van der Waals surface area contributed by atoms with E-state index in [-0.39, 0.29) is 5.91 Å². The quantitative estimate of drug-likeness (QED) is 0.816. The summed E-state index contributed by atoms with van der Waals surface area (Å²) in [5.41, 5.74) is 3.49. The van der Waals surface area contributed by atoms with Crippen molar-refractivity contribution in [2.24, 2.45) is 0 Å². The molecule has 1 amide bonds. The highest BCUT2D eigenvalue weighted by Crippen LogP contribution is 2.20. The normalized spacial score (nSPS) is 16.8. The molecule has 27 heavy (non-hydrogen) atoms. The number of amides is 1. The molecule has 144 valence electrons. The van der Waals surface area contributed by atoms with E-state index in [2.05, 4.69) is 58.2 Å². The summed E-state index contributed by atoms with van der Waals surface area (Å²) >= 11 is 0. The van der Waals surface area contributed by atoms with Crippen molar-refractivity contribution in [1.82, 2.24) is 14.8 Å². The van der Waals surface area contributed by atoms with Crippen LogP contribution in [-0.4, -0.2) is 53.4 Å². The van der Waals surface area contributed by atoms with Crippen molar-refractivity contribution in [3.8, 4) is 0 Å². The van der Waals surface area contributed by atoms with Gasteiger partial charge in [-0.1, -0.05) is 26.0 Å². The van der Waals surface area contributed by atoms with Crippen molar-refractivity contribution in [1.29, 1.82) is 0 Å². The molecule has 1 aliphatic heterocycles. The summed E-state index contributed by atoms with van der Waals surface area (Å²) < 4.78 is 0. The summed E-state index contributed by atoms with van der Waals surface area (Å²) in [5.74, 6) is 0.618. The van der Waals surface area contributed by atoms with Crippen molar-refractivity contribution < 1.29 is 4.79 Å². The third-order valence-electron chi connectivity index (χ3n) is 5.36. The van der Waals surface area contributed by atoms with Gasteiger partial charge in [-0.15, -0.1) is 0 Å². The number of rotatable bonds is 7. The van der Waals surface area contributed by atoms with Crippen LogP contribution < -0.4 is 5.32 Å². The summed E-state index contributed by atoms with van der Waals surface area (Å²) in [4.78, 5) is 21.1. The lowest BCUT2D eigenvalue weighted by Crippen LogP contribution is -2.48. The van der Waals surface area contributed by atoms with E-state index in [9.17, 15) is 4.79 Å². The lowest BCUT2D eigenvalue weighted by atomic mass is 9.99. The molecule has 1 aliphatic rings. The molecule has 1 unspecified atom stereocenters. The molecule has 2 heterocycles. The van der Waals surface area contributed by atoms with Crippen LogP contribution in [0.3, 0.4) is 0 Å². The number of piperazine rings is 1. The zero-order valence-electron chi connectivity index (χ0n) is 16.4. The van der Waals surface area contributed by atoms with Gasteiger partial charge in [0.2, 0.25) is 5.91 Å². The van der Waals surface area contributed by atoms with Gasteiger partial charge in [-0.3, -0.25) is 19.6 Å². The zero-order chi connectivity index (χ0) is 19.1. The third-order valence-corrected chi connectivity index (χ3v) is 5.36. The van der Waals surface area contributed by atoms with Crippen LogP contribution in [0.2, 0.25) is 0 Å². The lowest BCUT2D eigenvalue weighted by Gasteiger charge is -2.34. The fourth-order valence-electron chi connectivity index (χ4n) is 3.39. The minimum Gasteiger partial charge on any atom is -0.325 e. The number of pyridine rings is 1. The Kier molecular flexibility index (Phi) is 6.96. The summed E-state index contributed by atoms with van der Waals surface area (Å²) in [7, 11) is 0. The first kappa shape index (κ1) is 19.5. The van der Waals surface area contributed by atoms with E-state index in [1.54, 1.807) is 0 Å². The molecule has 1 atom stereocenters. The second-order valence-electron chi connectivity index (χ2n) is 7.39. The molecular weight excluding hydrogens is 336 g/mol. The Balaban J connectivity index is 1.41. The number of hydrogen-bond acceptors (Lipinski definition) is 4. The van der Waals surface area contributed by atoms with E-state index in [4.69, 9.17) is 0 Å². The van der Waals surface area contributed by atoms with Crippen LogP contribution in [-0.2, 0) is 11.3 Å². The van der Waals surface area contributed by atoms with E-state index >= 15 is 0 Å². The number of hydrogen-bond donors (Lipinski definition) is 1. The highest BCUT2D eigenvalue weighted by atomic mass is 16.2. The molecule has 2 aromatic rings. The van der Waals surface area contributed by atoms with E-state index in [1.165, 1.54) is 11.1 Å². The average molecular weight is 367 g/mol. The fraction of sp³-hybridized carbons (Fsp3) is 0.455. The van der Waals surface area contributed by atoms with E-state index in [1.807, 2.05) is 24.5 Å². The van der Waals surface area contributed by atoms with Crippen LogP contribution in [0.1, 0.15) is 37.3 Å². The van der Waals surface area contributed by atoms with Crippen LogP contribution in [0, 0.1) is 0 Å². The predicted molar refractivity (Wildman–Crippen MR) is 110 cm³/mol. The molecule has 0 radical (unpaired) electrons. The summed E-state index contributed by atoms with van der Waals surface area (Å²) in [5, 5.41) is 3.02. The molecule has 0 spiro atoms. The first-order valence-corrected chi connectivity index (χ1v) is 9.87. The maximum atomic E-state index is 12.4. The second kappa shape index (κ2) is 9.62. The minimum absolute atomic E-state index is 0.0638. The molecule has 1 N–H and O–H groups in total. The number of anilines is 1. The highest BCUT2D eigenvalue weighted by Gasteiger charge is 2.19. The Morgan fingerprint density at radius 2 is 1.67 bits per heavy atom. The van der Waals surface area contributed by atoms with Crippen LogP contribution >= 0.6 is 0 Å². The first-order valence-electron chi connectivity index (χ1n) is 9.87. The van der Waals surface area contributed by atoms with E-state index < -0.39 is 0 Å². The topological polar surface area (TPSA) is 48.5 Å². The SMILES string of the molecule is CCC(C)c1ccc(NC(=O)CN2CCN(Cc3ccncc3)CC2)cc1. The predicted octanol–water partition coefficient (Wildman–Crippen LogP) is 3.35. The molecule has 0 bridgehead atoms. The summed E-state index contributed by atoms with van der Waals surface area (Å²) in [6.07, 6.45) is 4.80. The molecule has 0 aliphatic carbocycles. The van der Waals surface area contributed by atoms with Gasteiger partial charge in [0.1, 0.15) is 0 Å². The van der Waals surface area contributed by atoms with Crippen LogP contribution in [0.25, 0.3) is 0 Å². The van der Waals surface area contributed by atoms with Crippen molar-refractivity contribution in [2.45, 2.75) is 32.7 Å². The minimum atomic E-state index is 0.0638. The smallest absolute Gasteiger partial charge is 0.238 e. The van der Waals surface area contributed by atoms with Gasteiger partial charge < -0.3 is 5.32 Å². The maximum absolute atomic E-state index is 12.4. The molecule has 5 heteroatoms. The summed E-state index contributed by atoms with van der Waals surface area (Å²) in [6.45, 7) is 9.63. The number of nitrogens with one attached hydrogen (secondary N) is 1. The molecule has 0 saturated carbocycles. The Morgan fingerprint density at radius 3 is 2.30 bits per heavy atom. The van der Waals surface area contributed by atoms with Crippen molar-refractivity contribution in [3.63, 3.8) is 0 Å². The number of carbonyl (C=O) groups is 1. The highest BCUT2D eigenvalue weighted by molar-refractivity contribution is 5.92. The maximum Gasteiger partial charge on any atom is 0.238 e. The van der Waals surface area contributed by atoms with Gasteiger partial charge in [-0.05, 0) is 47.7 Å².